The van der Waals surface area contributed by atoms with Gasteiger partial charge in [0.05, 0.1) is 24.4 Å². The smallest absolute Gasteiger partial charge is 0.366 e. The topological polar surface area (TPSA) is 43.2 Å². The van der Waals surface area contributed by atoms with Crippen LogP contribution in [0.3, 0.4) is 0 Å². The molecule has 1 aliphatic heterocycles. The summed E-state index contributed by atoms with van der Waals surface area (Å²) < 4.78 is 45.8. The Morgan fingerprint density at radius 3 is 2.83 bits per heavy atom. The molecule has 5 nitrogen and oxygen atoms in total. The highest BCUT2D eigenvalue weighted by molar-refractivity contribution is 5.94. The van der Waals surface area contributed by atoms with E-state index in [1.54, 1.807) is 11.1 Å². The van der Waals surface area contributed by atoms with Crippen molar-refractivity contribution < 1.29 is 17.9 Å². The quantitative estimate of drug-likeness (QED) is 0.656. The van der Waals surface area contributed by atoms with Gasteiger partial charge in [-0.15, -0.1) is 0 Å². The van der Waals surface area contributed by atoms with Crippen LogP contribution < -0.4 is 0 Å². The summed E-state index contributed by atoms with van der Waals surface area (Å²) in [5.74, 6) is 0. The van der Waals surface area contributed by atoms with E-state index in [4.69, 9.17) is 4.74 Å². The van der Waals surface area contributed by atoms with Gasteiger partial charge in [0, 0.05) is 43.0 Å². The van der Waals surface area contributed by atoms with Crippen LogP contribution in [0.5, 0.6) is 0 Å². The van der Waals surface area contributed by atoms with E-state index in [-0.39, 0.29) is 13.2 Å². The van der Waals surface area contributed by atoms with E-state index in [9.17, 15) is 13.2 Å². The highest BCUT2D eigenvalue weighted by Crippen LogP contribution is 2.36. The van der Waals surface area contributed by atoms with Crippen LogP contribution >= 0.6 is 0 Å². The lowest BCUT2D eigenvalue weighted by Crippen LogP contribution is -2.48. The molecule has 0 bridgehead atoms. The molecule has 1 aromatic carbocycles. The minimum Gasteiger partial charge on any atom is -0.366 e. The second-order valence-corrected chi connectivity index (χ2v) is 7.79. The molecule has 1 atom stereocenters. The highest BCUT2D eigenvalue weighted by atomic mass is 19.4. The predicted octanol–water partition coefficient (Wildman–Crippen LogP) is 4.20. The van der Waals surface area contributed by atoms with Crippen LogP contribution in [0, 0.1) is 0 Å². The molecule has 1 saturated carbocycles. The van der Waals surface area contributed by atoms with E-state index in [2.05, 4.69) is 16.3 Å². The minimum atomic E-state index is -4.33. The number of hydrogen-bond acceptors (Lipinski definition) is 4. The van der Waals surface area contributed by atoms with Crippen LogP contribution in [0.4, 0.5) is 13.2 Å². The first-order valence-electron chi connectivity index (χ1n) is 9.80. The summed E-state index contributed by atoms with van der Waals surface area (Å²) in [6.45, 7) is 0.871. The third-order valence-corrected chi connectivity index (χ3v) is 5.56. The highest BCUT2D eigenvalue weighted by Gasteiger charge is 2.43. The summed E-state index contributed by atoms with van der Waals surface area (Å²) in [5, 5.41) is 5.48. The van der Waals surface area contributed by atoms with Crippen molar-refractivity contribution in [2.24, 2.45) is 0 Å². The van der Waals surface area contributed by atoms with E-state index in [0.29, 0.717) is 19.1 Å². The number of morpholine rings is 1. The molecule has 3 aromatic rings. The molecule has 2 fully saturated rings. The van der Waals surface area contributed by atoms with Crippen LogP contribution in [0.1, 0.15) is 24.4 Å². The molecule has 0 N–H and O–H groups in total. The molecule has 29 heavy (non-hydrogen) atoms. The molecule has 8 heteroatoms. The molecule has 2 aliphatic rings. The Morgan fingerprint density at radius 1 is 1.17 bits per heavy atom. The maximum Gasteiger partial charge on any atom is 0.415 e. The molecule has 0 amide bonds. The largest absolute Gasteiger partial charge is 0.415 e. The number of nitrogens with zero attached hydrogens (tertiary/aromatic N) is 4. The van der Waals surface area contributed by atoms with Gasteiger partial charge in [0.15, 0.2) is 6.10 Å². The zero-order valence-electron chi connectivity index (χ0n) is 15.8. The van der Waals surface area contributed by atoms with Gasteiger partial charge in [0.2, 0.25) is 0 Å². The lowest BCUT2D eigenvalue weighted by Gasteiger charge is -2.33. The molecular formula is C21H21F3N4O. The fourth-order valence-corrected chi connectivity index (χ4v) is 3.86. The zero-order chi connectivity index (χ0) is 20.0. The van der Waals surface area contributed by atoms with Crippen molar-refractivity contribution in [3.05, 3.63) is 48.4 Å². The van der Waals surface area contributed by atoms with Gasteiger partial charge in [-0.2, -0.15) is 18.3 Å². The minimum absolute atomic E-state index is 0.0884. The van der Waals surface area contributed by atoms with Gasteiger partial charge in [0.25, 0.3) is 0 Å². The van der Waals surface area contributed by atoms with E-state index < -0.39 is 12.3 Å². The van der Waals surface area contributed by atoms with E-state index in [1.807, 2.05) is 35.1 Å². The average Bonchev–Trinajstić information content (AvgIpc) is 3.44. The van der Waals surface area contributed by atoms with Crippen LogP contribution in [0.25, 0.3) is 22.0 Å². The first-order chi connectivity index (χ1) is 14.0. The van der Waals surface area contributed by atoms with Crippen molar-refractivity contribution >= 4 is 10.9 Å². The fourth-order valence-electron chi connectivity index (χ4n) is 3.86. The maximum absolute atomic E-state index is 13.0. The maximum atomic E-state index is 13.0. The number of benzene rings is 1. The number of hydrogen-bond donors (Lipinski definition) is 0. The standard InChI is InChI=1S/C21H21F3N4O/c22-21(23,24)20-13-27(7-8-29-20)11-14-1-4-18-17(5-6-25-19(18)9-14)15-10-26-28(12-15)16-2-3-16/h1,4-6,9-10,12,16,20H,2-3,7-8,11,13H2. The normalized spacial score (nSPS) is 21.0. The monoisotopic (exact) mass is 402 g/mol. The van der Waals surface area contributed by atoms with Crippen molar-refractivity contribution in [2.75, 3.05) is 19.7 Å². The van der Waals surface area contributed by atoms with Gasteiger partial charge in [0.1, 0.15) is 0 Å². The molecule has 5 rings (SSSR count). The SMILES string of the molecule is FC(F)(F)C1CN(Cc2ccc3c(-c4cnn(C5CC5)c4)ccnc3c2)CCO1. The summed E-state index contributed by atoms with van der Waals surface area (Å²) in [4.78, 5) is 6.26. The molecule has 3 heterocycles. The van der Waals surface area contributed by atoms with Gasteiger partial charge in [-0.05, 0) is 36.1 Å². The van der Waals surface area contributed by atoms with E-state index >= 15 is 0 Å². The van der Waals surface area contributed by atoms with Crippen molar-refractivity contribution in [1.82, 2.24) is 19.7 Å². The molecule has 2 aromatic heterocycles. The molecule has 1 unspecified atom stereocenters. The van der Waals surface area contributed by atoms with Gasteiger partial charge < -0.3 is 4.74 Å². The number of aromatic nitrogens is 3. The average molecular weight is 402 g/mol. The number of pyridine rings is 1. The third kappa shape index (κ3) is 3.86. The molecule has 152 valence electrons. The lowest BCUT2D eigenvalue weighted by atomic mass is 10.0. The summed E-state index contributed by atoms with van der Waals surface area (Å²) >= 11 is 0. The Kier molecular flexibility index (Phi) is 4.55. The Hall–Kier alpha value is -2.45. The van der Waals surface area contributed by atoms with E-state index in [1.165, 1.54) is 12.8 Å². The molecule has 0 radical (unpaired) electrons. The Bertz CT molecular complexity index is 1030. The zero-order valence-corrected chi connectivity index (χ0v) is 15.8. The Labute approximate surface area is 166 Å². The number of rotatable bonds is 4. The number of halogens is 3. The number of alkyl halides is 3. The third-order valence-electron chi connectivity index (χ3n) is 5.56. The second-order valence-electron chi connectivity index (χ2n) is 7.79. The van der Waals surface area contributed by atoms with E-state index in [0.717, 1.165) is 27.6 Å². The van der Waals surface area contributed by atoms with Crippen LogP contribution in [-0.4, -0.2) is 51.6 Å². The van der Waals surface area contributed by atoms with Gasteiger partial charge in [-0.25, -0.2) is 0 Å². The molecular weight excluding hydrogens is 381 g/mol. The number of ether oxygens (including phenoxy) is 1. The lowest BCUT2D eigenvalue weighted by molar-refractivity contribution is -0.237. The van der Waals surface area contributed by atoms with Crippen LogP contribution in [0.2, 0.25) is 0 Å². The van der Waals surface area contributed by atoms with Crippen molar-refractivity contribution in [3.63, 3.8) is 0 Å². The summed E-state index contributed by atoms with van der Waals surface area (Å²) in [6, 6.07) is 8.44. The van der Waals surface area contributed by atoms with Gasteiger partial charge in [-0.3, -0.25) is 14.6 Å². The first-order valence-corrected chi connectivity index (χ1v) is 9.80. The fraction of sp³-hybridized carbons (Fsp3) is 0.429. The van der Waals surface area contributed by atoms with Crippen LogP contribution in [-0.2, 0) is 11.3 Å². The predicted molar refractivity (Wildman–Crippen MR) is 102 cm³/mol. The summed E-state index contributed by atoms with van der Waals surface area (Å²) in [5.41, 5.74) is 3.90. The summed E-state index contributed by atoms with van der Waals surface area (Å²) in [7, 11) is 0. The number of fused-ring (bicyclic) bond motifs is 1. The molecule has 1 aliphatic carbocycles. The first kappa shape index (κ1) is 18.6. The van der Waals surface area contributed by atoms with Gasteiger partial charge in [-0.1, -0.05) is 12.1 Å². The Morgan fingerprint density at radius 2 is 2.03 bits per heavy atom. The van der Waals surface area contributed by atoms with Crippen LogP contribution in [0.15, 0.2) is 42.9 Å². The Balaban J connectivity index is 1.38. The van der Waals surface area contributed by atoms with Crippen molar-refractivity contribution in [2.45, 2.75) is 37.7 Å². The molecule has 1 saturated heterocycles. The molecule has 0 spiro atoms. The summed E-state index contributed by atoms with van der Waals surface area (Å²) in [6.07, 6.45) is 2.03. The van der Waals surface area contributed by atoms with Crippen molar-refractivity contribution in [1.29, 1.82) is 0 Å². The van der Waals surface area contributed by atoms with Crippen molar-refractivity contribution in [3.8, 4) is 11.1 Å². The van der Waals surface area contributed by atoms with Gasteiger partial charge >= 0.3 is 6.18 Å². The second kappa shape index (κ2) is 7.11.